The molecule has 4 rings (SSSR count). The predicted octanol–water partition coefficient (Wildman–Crippen LogP) is 4.23. The molecule has 0 atom stereocenters. The van der Waals surface area contributed by atoms with E-state index in [0.29, 0.717) is 0 Å². The van der Waals surface area contributed by atoms with Gasteiger partial charge < -0.3 is 15.2 Å². The van der Waals surface area contributed by atoms with E-state index in [9.17, 15) is 0 Å². The van der Waals surface area contributed by atoms with E-state index in [1.165, 1.54) is 24.0 Å². The Morgan fingerprint density at radius 3 is 2.58 bits per heavy atom. The van der Waals surface area contributed by atoms with Crippen LogP contribution in [0.1, 0.15) is 29.7 Å². The molecule has 24 heavy (non-hydrogen) atoms. The lowest BCUT2D eigenvalue weighted by molar-refractivity contribution is 0.906. The maximum Gasteiger partial charge on any atom is 0.229 e. The zero-order chi connectivity index (χ0) is 16.7. The number of benzene rings is 1. The van der Waals surface area contributed by atoms with Crippen molar-refractivity contribution in [2.75, 3.05) is 23.3 Å². The van der Waals surface area contributed by atoms with Gasteiger partial charge in [-0.1, -0.05) is 17.7 Å². The second-order valence-electron chi connectivity index (χ2n) is 6.72. The van der Waals surface area contributed by atoms with Gasteiger partial charge in [-0.15, -0.1) is 0 Å². The lowest BCUT2D eigenvalue weighted by atomic mass is 10.1. The standard InChI is InChI=1S/C19H23N5/c1-12-6-7-16(13(2)10-12)21-18-15-11-14(3)20-17(15)22-19(23-18)24-8-4-5-9-24/h6-7,10-11H,4-5,8-9H2,1-3H3,(H2,20,21,22,23). The van der Waals surface area contributed by atoms with E-state index in [1.807, 2.05) is 0 Å². The van der Waals surface area contributed by atoms with Crippen molar-refractivity contribution in [1.82, 2.24) is 15.0 Å². The van der Waals surface area contributed by atoms with Crippen molar-refractivity contribution in [3.63, 3.8) is 0 Å². The Morgan fingerprint density at radius 1 is 1.04 bits per heavy atom. The molecule has 1 aromatic carbocycles. The fourth-order valence-corrected chi connectivity index (χ4v) is 3.36. The quantitative estimate of drug-likeness (QED) is 0.758. The minimum atomic E-state index is 0.814. The van der Waals surface area contributed by atoms with Crippen LogP contribution >= 0.6 is 0 Å². The first-order valence-electron chi connectivity index (χ1n) is 8.57. The van der Waals surface area contributed by atoms with E-state index in [0.717, 1.165) is 47.3 Å². The van der Waals surface area contributed by atoms with Gasteiger partial charge in [-0.25, -0.2) is 0 Å². The molecule has 0 spiro atoms. The van der Waals surface area contributed by atoms with Crippen LogP contribution in [0.4, 0.5) is 17.5 Å². The second-order valence-corrected chi connectivity index (χ2v) is 6.72. The van der Waals surface area contributed by atoms with Gasteiger partial charge in [0, 0.05) is 24.5 Å². The summed E-state index contributed by atoms with van der Waals surface area (Å²) in [4.78, 5) is 15.2. The second kappa shape index (κ2) is 5.82. The van der Waals surface area contributed by atoms with Gasteiger partial charge in [0.05, 0.1) is 5.39 Å². The van der Waals surface area contributed by atoms with E-state index < -0.39 is 0 Å². The van der Waals surface area contributed by atoms with E-state index in [4.69, 9.17) is 9.97 Å². The summed E-state index contributed by atoms with van der Waals surface area (Å²) in [5.74, 6) is 1.69. The van der Waals surface area contributed by atoms with Crippen molar-refractivity contribution in [3.05, 3.63) is 41.1 Å². The highest BCUT2D eigenvalue weighted by Crippen LogP contribution is 2.29. The number of hydrogen-bond donors (Lipinski definition) is 2. The predicted molar refractivity (Wildman–Crippen MR) is 99.3 cm³/mol. The van der Waals surface area contributed by atoms with Crippen LogP contribution in [-0.2, 0) is 0 Å². The van der Waals surface area contributed by atoms with Gasteiger partial charge in [-0.2, -0.15) is 9.97 Å². The van der Waals surface area contributed by atoms with Crippen LogP contribution in [-0.4, -0.2) is 28.0 Å². The molecule has 0 radical (unpaired) electrons. The number of nitrogens with zero attached hydrogens (tertiary/aromatic N) is 3. The number of anilines is 3. The maximum absolute atomic E-state index is 4.84. The molecule has 0 unspecified atom stereocenters. The van der Waals surface area contributed by atoms with Gasteiger partial charge in [0.25, 0.3) is 0 Å². The summed E-state index contributed by atoms with van der Waals surface area (Å²) in [7, 11) is 0. The summed E-state index contributed by atoms with van der Waals surface area (Å²) < 4.78 is 0. The molecule has 0 aliphatic carbocycles. The molecule has 1 aliphatic rings. The summed E-state index contributed by atoms with van der Waals surface area (Å²) in [6.45, 7) is 8.36. The lowest BCUT2D eigenvalue weighted by Crippen LogP contribution is -2.20. The van der Waals surface area contributed by atoms with Crippen LogP contribution in [0.5, 0.6) is 0 Å². The van der Waals surface area contributed by atoms with E-state index >= 15 is 0 Å². The number of fused-ring (bicyclic) bond motifs is 1. The Morgan fingerprint density at radius 2 is 1.83 bits per heavy atom. The van der Waals surface area contributed by atoms with Gasteiger partial charge in [0.15, 0.2) is 0 Å². The van der Waals surface area contributed by atoms with Crippen LogP contribution in [0.15, 0.2) is 24.3 Å². The summed E-state index contributed by atoms with van der Waals surface area (Å²) in [5, 5.41) is 4.56. The number of aromatic nitrogens is 3. The van der Waals surface area contributed by atoms with Crippen molar-refractivity contribution >= 4 is 28.5 Å². The van der Waals surface area contributed by atoms with E-state index in [1.54, 1.807) is 0 Å². The molecule has 2 N–H and O–H groups in total. The van der Waals surface area contributed by atoms with E-state index in [-0.39, 0.29) is 0 Å². The molecule has 0 bridgehead atoms. The maximum atomic E-state index is 4.84. The van der Waals surface area contributed by atoms with Crippen molar-refractivity contribution in [2.24, 2.45) is 0 Å². The average molecular weight is 321 g/mol. The van der Waals surface area contributed by atoms with Crippen LogP contribution < -0.4 is 10.2 Å². The minimum Gasteiger partial charge on any atom is -0.343 e. The van der Waals surface area contributed by atoms with Crippen molar-refractivity contribution in [1.29, 1.82) is 0 Å². The Hall–Kier alpha value is -2.56. The monoisotopic (exact) mass is 321 g/mol. The van der Waals surface area contributed by atoms with Crippen LogP contribution in [0.3, 0.4) is 0 Å². The lowest BCUT2D eigenvalue weighted by Gasteiger charge is -2.17. The number of H-pyrrole nitrogens is 1. The number of aryl methyl sites for hydroxylation is 3. The minimum absolute atomic E-state index is 0.814. The fourth-order valence-electron chi connectivity index (χ4n) is 3.36. The van der Waals surface area contributed by atoms with Gasteiger partial charge in [0.2, 0.25) is 5.95 Å². The van der Waals surface area contributed by atoms with Crippen LogP contribution in [0, 0.1) is 20.8 Å². The first-order valence-corrected chi connectivity index (χ1v) is 8.57. The summed E-state index contributed by atoms with van der Waals surface area (Å²) in [6, 6.07) is 8.53. The summed E-state index contributed by atoms with van der Waals surface area (Å²) in [5.41, 5.74) is 5.57. The third-order valence-corrected chi connectivity index (χ3v) is 4.63. The van der Waals surface area contributed by atoms with Gasteiger partial charge >= 0.3 is 0 Å². The third-order valence-electron chi connectivity index (χ3n) is 4.63. The molecule has 3 heterocycles. The largest absolute Gasteiger partial charge is 0.343 e. The van der Waals surface area contributed by atoms with Gasteiger partial charge in [-0.05, 0) is 51.3 Å². The smallest absolute Gasteiger partial charge is 0.229 e. The molecule has 2 aromatic heterocycles. The highest BCUT2D eigenvalue weighted by Gasteiger charge is 2.18. The molecular formula is C19H23N5. The molecular weight excluding hydrogens is 298 g/mol. The zero-order valence-corrected chi connectivity index (χ0v) is 14.5. The summed E-state index contributed by atoms with van der Waals surface area (Å²) in [6.07, 6.45) is 2.43. The summed E-state index contributed by atoms with van der Waals surface area (Å²) >= 11 is 0. The number of aromatic amines is 1. The third kappa shape index (κ3) is 2.70. The first-order chi connectivity index (χ1) is 11.6. The average Bonchev–Trinajstić information content (AvgIpc) is 3.18. The van der Waals surface area contributed by atoms with Crippen LogP contribution in [0.25, 0.3) is 11.0 Å². The SMILES string of the molecule is Cc1ccc(Nc2nc(N3CCCC3)nc3[nH]c(C)cc23)c(C)c1. The molecule has 5 heteroatoms. The zero-order valence-electron chi connectivity index (χ0n) is 14.5. The fraction of sp³-hybridized carbons (Fsp3) is 0.368. The highest BCUT2D eigenvalue weighted by atomic mass is 15.3. The molecule has 0 saturated carbocycles. The molecule has 3 aromatic rings. The van der Waals surface area contributed by atoms with E-state index in [2.05, 4.69) is 60.2 Å². The Labute approximate surface area is 142 Å². The number of hydrogen-bond acceptors (Lipinski definition) is 4. The van der Waals surface area contributed by atoms with Gasteiger partial charge in [0.1, 0.15) is 11.5 Å². The first kappa shape index (κ1) is 15.0. The molecule has 124 valence electrons. The van der Waals surface area contributed by atoms with Gasteiger partial charge in [-0.3, -0.25) is 0 Å². The number of nitrogens with one attached hydrogen (secondary N) is 2. The Balaban J connectivity index is 1.79. The van der Waals surface area contributed by atoms with Crippen molar-refractivity contribution < 1.29 is 0 Å². The number of rotatable bonds is 3. The normalized spacial score (nSPS) is 14.5. The molecule has 1 fully saturated rings. The Kier molecular flexibility index (Phi) is 3.63. The Bertz CT molecular complexity index is 890. The van der Waals surface area contributed by atoms with Crippen molar-refractivity contribution in [3.8, 4) is 0 Å². The molecule has 0 amide bonds. The molecule has 1 aliphatic heterocycles. The highest BCUT2D eigenvalue weighted by molar-refractivity contribution is 5.91. The van der Waals surface area contributed by atoms with Crippen molar-refractivity contribution in [2.45, 2.75) is 33.6 Å². The molecule has 1 saturated heterocycles. The topological polar surface area (TPSA) is 56.8 Å². The molecule has 5 nitrogen and oxygen atoms in total. The van der Waals surface area contributed by atoms with Crippen LogP contribution in [0.2, 0.25) is 0 Å².